The predicted octanol–water partition coefficient (Wildman–Crippen LogP) is -61.3. The fraction of sp³-hybridized carbons (Fsp3) is 0.0143. The molecule has 1 aliphatic carbocycles. The topological polar surface area (TPSA) is 48.5 Å². The van der Waals surface area contributed by atoms with Gasteiger partial charge in [0.1, 0.15) is 353 Å². The van der Waals surface area contributed by atoms with E-state index >= 15 is 0 Å². The molecule has 3 aromatic heterocycles. The molecule has 120 heavy (non-hydrogen) atoms. The Balaban J connectivity index is 1.27. The smallest absolute Gasteiger partial charge is 0.240 e. The highest BCUT2D eigenvalue weighted by atomic mass is 15.3. The third kappa shape index (κ3) is 11.3. The highest BCUT2D eigenvalue weighted by Crippen LogP contribution is 2.46. The first-order valence-electron chi connectivity index (χ1n) is 44.4. The van der Waals surface area contributed by atoms with Gasteiger partial charge >= 0.3 is 0 Å². The van der Waals surface area contributed by atoms with Crippen LogP contribution in [0.5, 0.6) is 0 Å². The summed E-state index contributed by atoms with van der Waals surface area (Å²) < 4.78 is 5.02. The van der Waals surface area contributed by atoms with Crippen LogP contribution in [0.3, 0.4) is 0 Å². The molecule has 0 aliphatic heterocycles. The maximum Gasteiger partial charge on any atom is 0.240 e. The molecule has 0 saturated carbocycles. The van der Waals surface area contributed by atoms with Crippen LogP contribution in [0.25, 0.3) is 111 Å². The second-order valence-corrected chi connectivity index (χ2v) is 38.6. The van der Waals surface area contributed by atoms with E-state index in [1.165, 1.54) is 323 Å². The van der Waals surface area contributed by atoms with Crippen LogP contribution in [0, 0.1) is 0 Å². The number of hydrogen-bond donors (Lipinski definition) is 0. The van der Waals surface area contributed by atoms with Crippen LogP contribution in [0.4, 0.5) is 0 Å². The average molecular weight is 1490 g/mol. The van der Waals surface area contributed by atoms with Crippen molar-refractivity contribution in [2.45, 2.75) is 5.41 Å². The van der Waals surface area contributed by atoms with Crippen molar-refractivity contribution in [2.75, 3.05) is 0 Å². The number of aromatic nitrogens is 5. The number of benzene rings is 11. The number of rotatable bonds is 7. The molecule has 3 heterocycles. The normalized spacial score (nSPS) is 12.0. The molecule has 0 unspecified atom stereocenters. The zero-order valence-electron chi connectivity index (χ0n) is 82.2. The zero-order valence-corrected chi connectivity index (χ0v) is 82.2. The standard InChI is InChI=1S/C70H90B45N5/c71-18-1-2(4-6(24(77)42(95)40(93)22(4)75)8-7(25(78)43(96)44(97)26(8)79)5-3(1)21(74)39(92)41(94)23(5)76)20(73)32(85)14(18)70(16-34(87)49(102)53(106)50(103)35(16)88,17-36(89)51(104)54(107)52(105)37(17)90)15-19(72)13(31(84)38(91)33(15)86)67-116-68(119-63-9(27(80)45(98)55(108)59(63)112)10-28(81)46(99)56(109)60(113)64(10)119)118-69(117-67)120-65-11(29(82)47(100)57(110)61(65)114)12-30(83)48(101)58(111)62(115)66(12)120/h71-115H2. The van der Waals surface area contributed by atoms with Gasteiger partial charge in [0.25, 0.3) is 0 Å². The van der Waals surface area contributed by atoms with Crippen LogP contribution in [0.15, 0.2) is 0 Å². The lowest BCUT2D eigenvalue weighted by Crippen LogP contribution is -2.68. The van der Waals surface area contributed by atoms with Gasteiger partial charge < -0.3 is 0 Å². The van der Waals surface area contributed by atoms with Crippen molar-refractivity contribution in [3.8, 4) is 67.8 Å². The molecule has 11 aromatic carbocycles. The maximum absolute atomic E-state index is 6.39. The lowest BCUT2D eigenvalue weighted by molar-refractivity contribution is 0.791. The summed E-state index contributed by atoms with van der Waals surface area (Å²) in [6, 6.07) is 0. The minimum atomic E-state index is -1.05. The Bertz CT molecular complexity index is 6810. The van der Waals surface area contributed by atoms with Gasteiger partial charge in [-0.05, 0) is 88.3 Å². The van der Waals surface area contributed by atoms with Crippen molar-refractivity contribution in [1.29, 1.82) is 0 Å². The summed E-state index contributed by atoms with van der Waals surface area (Å²) in [4.78, 5) is 19.0. The minimum absolute atomic E-state index is 0.614. The van der Waals surface area contributed by atoms with Crippen molar-refractivity contribution in [3.05, 3.63) is 22.3 Å². The Hall–Kier alpha value is -7.05. The summed E-state index contributed by atoms with van der Waals surface area (Å²) in [5.74, 6) is 1.89. The summed E-state index contributed by atoms with van der Waals surface area (Å²) in [6.07, 6.45) is 0. The van der Waals surface area contributed by atoms with E-state index in [-0.39, 0.29) is 0 Å². The minimum Gasteiger partial charge on any atom is -0.279 e. The first kappa shape index (κ1) is 87.8. The summed E-state index contributed by atoms with van der Waals surface area (Å²) in [7, 11) is 108. The first-order valence-corrected chi connectivity index (χ1v) is 44.4. The number of nitrogens with zero attached hydrogens (tertiary/aromatic N) is 5. The van der Waals surface area contributed by atoms with Gasteiger partial charge in [-0.3, -0.25) is 9.13 Å². The lowest BCUT2D eigenvalue weighted by Gasteiger charge is -2.49. The first-order chi connectivity index (χ1) is 55.9. The van der Waals surface area contributed by atoms with E-state index < -0.39 is 5.41 Å². The van der Waals surface area contributed by atoms with E-state index in [0.717, 1.165) is 38.6 Å². The quantitative estimate of drug-likeness (QED) is 0.118. The average Bonchev–Trinajstić information content (AvgIpc) is 1.05. The van der Waals surface area contributed by atoms with Crippen LogP contribution in [0.2, 0.25) is 0 Å². The molecule has 14 aromatic rings. The molecule has 50 heteroatoms. The van der Waals surface area contributed by atoms with Crippen LogP contribution < -0.4 is 246 Å². The van der Waals surface area contributed by atoms with Gasteiger partial charge in [-0.15, -0.1) is 92.9 Å². The highest BCUT2D eigenvalue weighted by Gasteiger charge is 2.50. The molecule has 0 fully saturated rings. The summed E-state index contributed by atoms with van der Waals surface area (Å²) in [5.41, 5.74) is 79.8. The molecule has 0 saturated heterocycles. The molecule has 0 radical (unpaired) electrons. The van der Waals surface area contributed by atoms with Gasteiger partial charge in [0.2, 0.25) is 11.9 Å². The van der Waals surface area contributed by atoms with Gasteiger partial charge in [0.05, 0.1) is 5.41 Å². The van der Waals surface area contributed by atoms with Crippen molar-refractivity contribution >= 4 is 643 Å². The Morgan fingerprint density at radius 1 is 0.133 bits per heavy atom. The van der Waals surface area contributed by atoms with Crippen LogP contribution in [-0.2, 0) is 5.41 Å². The van der Waals surface area contributed by atoms with Gasteiger partial charge in [0.15, 0.2) is 5.82 Å². The second-order valence-electron chi connectivity index (χ2n) is 38.6. The van der Waals surface area contributed by atoms with Crippen LogP contribution in [-0.4, -0.2) is 377 Å². The molecule has 1 aliphatic rings. The lowest BCUT2D eigenvalue weighted by atomic mass is 9.43. The Labute approximate surface area is 755 Å². The van der Waals surface area contributed by atoms with Gasteiger partial charge in [-0.2, -0.15) is 15.0 Å². The number of hydrogen-bond acceptors (Lipinski definition) is 3. The molecule has 5 nitrogen and oxygen atoms in total. The highest BCUT2D eigenvalue weighted by molar-refractivity contribution is 6.79. The van der Waals surface area contributed by atoms with E-state index in [0.29, 0.717) is 17.7 Å². The van der Waals surface area contributed by atoms with Crippen molar-refractivity contribution < 1.29 is 0 Å². The van der Waals surface area contributed by atoms with E-state index in [9.17, 15) is 0 Å². The Morgan fingerprint density at radius 2 is 0.275 bits per heavy atom. The molecular formula is C70H90B45N5. The fourth-order valence-electron chi connectivity index (χ4n) is 24.1. The third-order valence-corrected chi connectivity index (χ3v) is 34.7. The van der Waals surface area contributed by atoms with Crippen LogP contribution >= 0.6 is 0 Å². The van der Waals surface area contributed by atoms with Gasteiger partial charge in [0, 0.05) is 27.6 Å². The van der Waals surface area contributed by atoms with Crippen LogP contribution in [0.1, 0.15) is 22.3 Å². The number of fused-ring (bicyclic) bond motifs is 14. The fourth-order valence-corrected chi connectivity index (χ4v) is 24.1. The molecule has 530 valence electrons. The predicted molar refractivity (Wildman–Crippen MR) is 676 cm³/mol. The van der Waals surface area contributed by atoms with Gasteiger partial charge in [-0.25, -0.2) is 0 Å². The zero-order chi connectivity index (χ0) is 88.6. The Morgan fingerprint density at radius 3 is 0.508 bits per heavy atom. The largest absolute Gasteiger partial charge is 0.279 e. The summed E-state index contributed by atoms with van der Waals surface area (Å²) in [6.45, 7) is 0. The van der Waals surface area contributed by atoms with Gasteiger partial charge in [-0.1, -0.05) is 153 Å². The summed E-state index contributed by atoms with van der Waals surface area (Å²) >= 11 is 0. The van der Waals surface area contributed by atoms with Crippen molar-refractivity contribution in [2.24, 2.45) is 0 Å². The molecule has 0 atom stereocenters. The second kappa shape index (κ2) is 29.8. The summed E-state index contributed by atoms with van der Waals surface area (Å²) in [5, 5.41) is 5.09. The van der Waals surface area contributed by atoms with E-state index in [2.05, 4.69) is 362 Å². The molecule has 0 bridgehead atoms. The molecule has 15 rings (SSSR count). The molecule has 0 spiro atoms. The molecule has 0 amide bonds. The van der Waals surface area contributed by atoms with E-state index in [4.69, 9.17) is 15.0 Å². The maximum atomic E-state index is 6.39. The van der Waals surface area contributed by atoms with E-state index in [1.807, 2.05) is 0 Å². The Kier molecular flexibility index (Phi) is 21.8. The van der Waals surface area contributed by atoms with Crippen molar-refractivity contribution in [3.63, 3.8) is 0 Å². The van der Waals surface area contributed by atoms with Crippen molar-refractivity contribution in [1.82, 2.24) is 24.1 Å². The molecule has 0 N–H and O–H groups in total. The monoisotopic (exact) mass is 1500 g/mol. The SMILES string of the molecule is Bc1c(B)c(B)c(C(c2c(B)c(B)c(B)c(B)c2B)(c2c(B)c(B)c(B)c(-c3nc(-n4c5c(B)c(B)c(B)c(B)c5c5c(B)c(B)c(B)c(B)c54)nc(-n4c5c(B)c(B)c(B)c(B)c5c5c(B)c(B)c(B)c(B)c54)n3)c2B)c2c(B)c(B)c3c(c2B)-c2c(B)c(B)c(B)c(B)c2-c2c(B)c(B)c(B)c(B)c2-c2c(B)c(B)c(B)c(B)c2-3)c(B)c1B. The third-order valence-electron chi connectivity index (χ3n) is 34.7. The molecular weight excluding hydrogens is 1400 g/mol. The van der Waals surface area contributed by atoms with E-state index in [1.54, 1.807) is 0 Å².